The van der Waals surface area contributed by atoms with Gasteiger partial charge in [0.1, 0.15) is 0 Å². The number of pyridine rings is 2. The quantitative estimate of drug-likeness (QED) is 0.175. The van der Waals surface area contributed by atoms with Gasteiger partial charge in [-0.05, 0) is 94.8 Å². The van der Waals surface area contributed by atoms with Gasteiger partial charge >= 0.3 is 0 Å². The number of hydrogen-bond acceptors (Lipinski definition) is 3. The van der Waals surface area contributed by atoms with E-state index in [2.05, 4.69) is 192 Å². The van der Waals surface area contributed by atoms with Crippen molar-refractivity contribution in [2.75, 3.05) is 0 Å². The molecule has 4 heteroatoms. The molecular formula is C56H37N4+. The van der Waals surface area contributed by atoms with E-state index < -0.39 is 0 Å². The molecule has 1 N–H and O–H groups in total. The van der Waals surface area contributed by atoms with Gasteiger partial charge in [-0.15, -0.1) is 0 Å². The summed E-state index contributed by atoms with van der Waals surface area (Å²) < 4.78 is 0. The van der Waals surface area contributed by atoms with E-state index in [1.54, 1.807) is 6.20 Å². The maximum absolute atomic E-state index is 5.33. The number of nitrogens with one attached hydrogen (secondary N) is 1. The Bertz CT molecular complexity index is 3280. The first kappa shape index (κ1) is 35.1. The van der Waals surface area contributed by atoms with Crippen molar-refractivity contribution >= 4 is 53.9 Å². The Hall–Kier alpha value is -8.08. The topological polar surface area (TPSA) is 52.8 Å². The van der Waals surface area contributed by atoms with E-state index in [1.807, 2.05) is 30.7 Å². The van der Waals surface area contributed by atoms with Gasteiger partial charge in [0.15, 0.2) is 18.2 Å². The highest BCUT2D eigenvalue weighted by molar-refractivity contribution is 6.26. The second-order valence-corrected chi connectivity index (χ2v) is 15.1. The van der Waals surface area contributed by atoms with Gasteiger partial charge in [0.05, 0.1) is 11.4 Å². The molecule has 11 aromatic rings. The van der Waals surface area contributed by atoms with Gasteiger partial charge < -0.3 is 0 Å². The monoisotopic (exact) mass is 765 g/mol. The van der Waals surface area contributed by atoms with Crippen LogP contribution in [0.5, 0.6) is 0 Å². The van der Waals surface area contributed by atoms with Crippen LogP contribution in [0.3, 0.4) is 0 Å². The van der Waals surface area contributed by atoms with E-state index in [0.717, 1.165) is 55.7 Å². The van der Waals surface area contributed by atoms with Gasteiger partial charge in [0.25, 0.3) is 0 Å². The van der Waals surface area contributed by atoms with E-state index in [1.165, 1.54) is 48.5 Å². The molecule has 0 amide bonds. The van der Waals surface area contributed by atoms with Gasteiger partial charge in [0.2, 0.25) is 0 Å². The summed E-state index contributed by atoms with van der Waals surface area (Å²) >= 11 is 0. The second-order valence-electron chi connectivity index (χ2n) is 15.1. The molecule has 0 saturated carbocycles. The molecule has 0 spiro atoms. The normalized spacial score (nSPS) is 11.3. The van der Waals surface area contributed by atoms with Crippen LogP contribution in [0, 0.1) is 0 Å². The first-order valence-corrected chi connectivity index (χ1v) is 20.2. The lowest BCUT2D eigenvalue weighted by Crippen LogP contribution is -1.98. The smallest absolute Gasteiger partial charge is 0.174 e. The zero-order valence-electron chi connectivity index (χ0n) is 32.6. The van der Waals surface area contributed by atoms with E-state index >= 15 is 0 Å². The SMILES string of the molecule is c1cncc(-c2ccc(-c3nc(-c4ccc(-c5ccc[nH+]c5)cc4)cc(-c4ccc5c6ccccc6c6ccccc6c6ccccc6c6ccccc6c5c4)n3)cc2)c1. The number of rotatable bonds is 5. The minimum atomic E-state index is 0.665. The number of benzene rings is 7. The average molecular weight is 766 g/mol. The fourth-order valence-electron chi connectivity index (χ4n) is 8.60. The van der Waals surface area contributed by atoms with Crippen LogP contribution < -0.4 is 4.98 Å². The first-order valence-electron chi connectivity index (χ1n) is 20.2. The molecule has 0 fully saturated rings. The predicted octanol–water partition coefficient (Wildman–Crippen LogP) is 13.9. The van der Waals surface area contributed by atoms with Crippen molar-refractivity contribution in [2.24, 2.45) is 0 Å². The highest BCUT2D eigenvalue weighted by atomic mass is 14.9. The number of hydrogen-bond donors (Lipinski definition) is 0. The lowest BCUT2D eigenvalue weighted by molar-refractivity contribution is -0.377. The summed E-state index contributed by atoms with van der Waals surface area (Å²) in [6.07, 6.45) is 7.63. The number of H-pyrrole nitrogens is 1. The minimum absolute atomic E-state index is 0.665. The highest BCUT2D eigenvalue weighted by Crippen LogP contribution is 2.38. The summed E-state index contributed by atoms with van der Waals surface area (Å²) in [4.78, 5) is 18.1. The van der Waals surface area contributed by atoms with Gasteiger partial charge in [0, 0.05) is 40.7 Å². The zero-order chi connectivity index (χ0) is 39.8. The summed E-state index contributed by atoms with van der Waals surface area (Å²) in [6.45, 7) is 0. The lowest BCUT2D eigenvalue weighted by Gasteiger charge is -2.13. The Morgan fingerprint density at radius 3 is 1.23 bits per heavy atom. The highest BCUT2D eigenvalue weighted by Gasteiger charge is 2.14. The summed E-state index contributed by atoms with van der Waals surface area (Å²) in [7, 11) is 0. The molecule has 0 atom stereocenters. The van der Waals surface area contributed by atoms with E-state index in [9.17, 15) is 0 Å². The predicted molar refractivity (Wildman–Crippen MR) is 249 cm³/mol. The van der Waals surface area contributed by atoms with Gasteiger partial charge in [-0.3, -0.25) is 4.98 Å². The molecular weight excluding hydrogens is 729 g/mol. The largest absolute Gasteiger partial charge is 0.264 e. The van der Waals surface area contributed by atoms with E-state index in [-0.39, 0.29) is 0 Å². The van der Waals surface area contributed by atoms with Crippen molar-refractivity contribution in [3.8, 4) is 56.2 Å². The van der Waals surface area contributed by atoms with Crippen LogP contribution in [-0.4, -0.2) is 15.0 Å². The third kappa shape index (κ3) is 6.37. The van der Waals surface area contributed by atoms with Crippen LogP contribution in [-0.2, 0) is 0 Å². The molecule has 0 radical (unpaired) electrons. The maximum atomic E-state index is 5.33. The Morgan fingerprint density at radius 1 is 0.300 bits per heavy atom. The molecule has 8 aromatic carbocycles. The number of fused-ring (bicyclic) bond motifs is 10. The Kier molecular flexibility index (Phi) is 8.79. The minimum Gasteiger partial charge on any atom is -0.264 e. The molecule has 0 aliphatic carbocycles. The van der Waals surface area contributed by atoms with Crippen LogP contribution in [0.1, 0.15) is 0 Å². The Morgan fingerprint density at radius 2 is 0.733 bits per heavy atom. The summed E-state index contributed by atoms with van der Waals surface area (Å²) in [5.74, 6) is 0.665. The van der Waals surface area contributed by atoms with Crippen molar-refractivity contribution in [3.05, 3.63) is 219 Å². The molecule has 3 aromatic heterocycles. The fraction of sp³-hybridized carbons (Fsp3) is 0. The summed E-state index contributed by atoms with van der Waals surface area (Å²) in [5.41, 5.74) is 9.09. The van der Waals surface area contributed by atoms with Crippen molar-refractivity contribution < 1.29 is 4.98 Å². The summed E-state index contributed by atoms with van der Waals surface area (Å²) in [6, 6.07) is 69.4. The second kappa shape index (κ2) is 15.0. The molecule has 3 heterocycles. The summed E-state index contributed by atoms with van der Waals surface area (Å²) in [5, 5.41) is 11.9. The molecule has 11 rings (SSSR count). The Balaban J connectivity index is 1.18. The third-order valence-electron chi connectivity index (χ3n) is 11.6. The van der Waals surface area contributed by atoms with Crippen molar-refractivity contribution in [3.63, 3.8) is 0 Å². The van der Waals surface area contributed by atoms with Crippen molar-refractivity contribution in [1.82, 2.24) is 15.0 Å². The van der Waals surface area contributed by atoms with Gasteiger partial charge in [-0.1, -0.05) is 164 Å². The standard InChI is InChI=1S/C56H36N4/c1-2-15-46-44(13-1)45-14-3-4-16-47(45)49-18-7-8-20-51(49)53-33-41(29-30-52(53)50-19-6-5-17-48(46)50)55-34-54(39-25-21-37(22-26-39)42-11-9-31-57-35-42)59-56(60-55)40-27-23-38(24-28-40)43-12-10-32-58-36-43/h1-36H/p+1. The molecule has 60 heavy (non-hydrogen) atoms. The lowest BCUT2D eigenvalue weighted by atomic mass is 9.93. The zero-order valence-corrected chi connectivity index (χ0v) is 32.6. The van der Waals surface area contributed by atoms with Crippen LogP contribution >= 0.6 is 0 Å². The number of aromatic nitrogens is 4. The average Bonchev–Trinajstić information content (AvgIpc) is 3.34. The molecule has 280 valence electrons. The first-order chi connectivity index (χ1) is 29.7. The molecule has 0 saturated heterocycles. The van der Waals surface area contributed by atoms with Crippen molar-refractivity contribution in [2.45, 2.75) is 0 Å². The molecule has 0 unspecified atom stereocenters. The number of aromatic amines is 1. The number of nitrogens with zero attached hydrogens (tertiary/aromatic N) is 3. The molecule has 0 aliphatic heterocycles. The van der Waals surface area contributed by atoms with Crippen LogP contribution in [0.15, 0.2) is 219 Å². The molecule has 4 nitrogen and oxygen atoms in total. The van der Waals surface area contributed by atoms with Crippen molar-refractivity contribution in [1.29, 1.82) is 0 Å². The third-order valence-corrected chi connectivity index (χ3v) is 11.6. The molecule has 0 aliphatic rings. The van der Waals surface area contributed by atoms with Gasteiger partial charge in [-0.2, -0.15) is 0 Å². The van der Waals surface area contributed by atoms with Gasteiger partial charge in [-0.25, -0.2) is 15.0 Å². The van der Waals surface area contributed by atoms with Crippen LogP contribution in [0.25, 0.3) is 110 Å². The maximum Gasteiger partial charge on any atom is 0.174 e. The molecule has 0 bridgehead atoms. The van der Waals surface area contributed by atoms with Crippen LogP contribution in [0.4, 0.5) is 0 Å². The van der Waals surface area contributed by atoms with E-state index in [0.29, 0.717) is 5.82 Å². The fourth-order valence-corrected chi connectivity index (χ4v) is 8.60. The Labute approximate surface area is 347 Å². The van der Waals surface area contributed by atoms with E-state index in [4.69, 9.17) is 9.97 Å². The van der Waals surface area contributed by atoms with Crippen LogP contribution in [0.2, 0.25) is 0 Å².